The van der Waals surface area contributed by atoms with Crippen LogP contribution in [0.5, 0.6) is 0 Å². The van der Waals surface area contributed by atoms with E-state index in [1.54, 1.807) is 13.8 Å². The van der Waals surface area contributed by atoms with Crippen molar-refractivity contribution in [2.24, 2.45) is 17.8 Å². The van der Waals surface area contributed by atoms with Gasteiger partial charge in [-0.05, 0) is 19.3 Å². The van der Waals surface area contributed by atoms with Gasteiger partial charge < -0.3 is 18.9 Å². The summed E-state index contributed by atoms with van der Waals surface area (Å²) in [6.45, 7) is 10.3. The highest BCUT2D eigenvalue weighted by atomic mass is 16.6. The van der Waals surface area contributed by atoms with E-state index in [1.165, 1.54) is 0 Å². The fourth-order valence-electron chi connectivity index (χ4n) is 2.15. The third-order valence-corrected chi connectivity index (χ3v) is 4.19. The fraction of sp³-hybridized carbons (Fsp3) is 0.700. The molecule has 0 rings (SSSR count). The third kappa shape index (κ3) is 10.7. The van der Waals surface area contributed by atoms with Crippen molar-refractivity contribution in [3.63, 3.8) is 0 Å². The maximum absolute atomic E-state index is 12.1. The Kier molecular flexibility index (Phi) is 13.4. The van der Waals surface area contributed by atoms with E-state index in [-0.39, 0.29) is 44.7 Å². The van der Waals surface area contributed by atoms with Crippen LogP contribution in [-0.2, 0) is 38.1 Å². The molecule has 0 aromatic rings. The lowest BCUT2D eigenvalue weighted by Crippen LogP contribution is -2.26. The van der Waals surface area contributed by atoms with Crippen LogP contribution in [0, 0.1) is 17.8 Å². The summed E-state index contributed by atoms with van der Waals surface area (Å²) in [6.07, 6.45) is 2.47. The highest BCUT2D eigenvalue weighted by Gasteiger charge is 2.25. The lowest BCUT2D eigenvalue weighted by Gasteiger charge is -2.18. The van der Waals surface area contributed by atoms with Crippen molar-refractivity contribution >= 4 is 23.9 Å². The van der Waals surface area contributed by atoms with E-state index < -0.39 is 29.7 Å². The van der Waals surface area contributed by atoms with Gasteiger partial charge in [0.25, 0.3) is 0 Å². The molecule has 0 aliphatic heterocycles. The standard InChI is InChI=1S/C20H32O8/c1-6-14(4)18(22)26-11-12-27-19(23)15(5)13-16(7-2)20(24)28-10-9-25-17(21)8-3/h8,14-16H,3,6-7,9-13H2,1-2,4-5H3. The number of carbonyl (C=O) groups excluding carboxylic acids is 4. The molecule has 8 heteroatoms. The Labute approximate surface area is 166 Å². The molecule has 8 nitrogen and oxygen atoms in total. The topological polar surface area (TPSA) is 105 Å². The van der Waals surface area contributed by atoms with Crippen LogP contribution < -0.4 is 0 Å². The van der Waals surface area contributed by atoms with E-state index in [0.29, 0.717) is 12.8 Å². The average Bonchev–Trinajstić information content (AvgIpc) is 2.70. The lowest BCUT2D eigenvalue weighted by atomic mass is 9.94. The van der Waals surface area contributed by atoms with Gasteiger partial charge in [-0.3, -0.25) is 14.4 Å². The van der Waals surface area contributed by atoms with Crippen LogP contribution in [0.1, 0.15) is 47.0 Å². The van der Waals surface area contributed by atoms with Crippen LogP contribution in [0.15, 0.2) is 12.7 Å². The summed E-state index contributed by atoms with van der Waals surface area (Å²) in [4.78, 5) is 46.5. The summed E-state index contributed by atoms with van der Waals surface area (Å²) in [5.74, 6) is -3.01. The Morgan fingerprint density at radius 2 is 1.21 bits per heavy atom. The molecule has 0 saturated heterocycles. The lowest BCUT2D eigenvalue weighted by molar-refractivity contribution is -0.159. The molecule has 0 aliphatic rings. The summed E-state index contributed by atoms with van der Waals surface area (Å²) in [5, 5.41) is 0. The normalized spacial score (nSPS) is 13.6. The minimum atomic E-state index is -0.589. The Bertz CT molecular complexity index is 528. The second-order valence-electron chi connectivity index (χ2n) is 6.43. The first-order chi connectivity index (χ1) is 13.3. The van der Waals surface area contributed by atoms with Gasteiger partial charge in [-0.1, -0.05) is 34.3 Å². The highest BCUT2D eigenvalue weighted by Crippen LogP contribution is 2.18. The van der Waals surface area contributed by atoms with Gasteiger partial charge in [0.1, 0.15) is 26.4 Å². The van der Waals surface area contributed by atoms with E-state index in [2.05, 4.69) is 6.58 Å². The van der Waals surface area contributed by atoms with Gasteiger partial charge in [0, 0.05) is 6.08 Å². The molecule has 0 aromatic heterocycles. The van der Waals surface area contributed by atoms with Crippen LogP contribution in [-0.4, -0.2) is 50.3 Å². The number of esters is 4. The SMILES string of the molecule is C=CC(=O)OCCOC(=O)C(CC)CC(C)C(=O)OCCOC(=O)C(C)CC. The first kappa shape index (κ1) is 25.6. The van der Waals surface area contributed by atoms with E-state index in [9.17, 15) is 19.2 Å². The van der Waals surface area contributed by atoms with Gasteiger partial charge in [-0.15, -0.1) is 0 Å². The predicted octanol–water partition coefficient (Wildman–Crippen LogP) is 2.44. The second-order valence-corrected chi connectivity index (χ2v) is 6.43. The molecule has 0 fully saturated rings. The van der Waals surface area contributed by atoms with Crippen molar-refractivity contribution in [1.82, 2.24) is 0 Å². The first-order valence-electron chi connectivity index (χ1n) is 9.55. The van der Waals surface area contributed by atoms with E-state index in [4.69, 9.17) is 18.9 Å². The molecule has 0 N–H and O–H groups in total. The largest absolute Gasteiger partial charge is 0.462 e. The molecule has 0 saturated carbocycles. The Morgan fingerprint density at radius 3 is 1.68 bits per heavy atom. The predicted molar refractivity (Wildman–Crippen MR) is 101 cm³/mol. The summed E-state index contributed by atoms with van der Waals surface area (Å²) in [5.41, 5.74) is 0. The van der Waals surface area contributed by atoms with E-state index >= 15 is 0 Å². The second kappa shape index (κ2) is 14.6. The monoisotopic (exact) mass is 400 g/mol. The zero-order valence-electron chi connectivity index (χ0n) is 17.2. The number of carbonyl (C=O) groups is 4. The Morgan fingerprint density at radius 1 is 0.750 bits per heavy atom. The van der Waals surface area contributed by atoms with Gasteiger partial charge >= 0.3 is 23.9 Å². The molecule has 0 aliphatic carbocycles. The smallest absolute Gasteiger partial charge is 0.330 e. The highest BCUT2D eigenvalue weighted by molar-refractivity contribution is 5.81. The summed E-state index contributed by atoms with van der Waals surface area (Å²) in [6, 6.07) is 0. The van der Waals surface area contributed by atoms with Crippen LogP contribution in [0.3, 0.4) is 0 Å². The number of ether oxygens (including phenoxy) is 4. The average molecular weight is 400 g/mol. The van der Waals surface area contributed by atoms with Crippen molar-refractivity contribution in [2.45, 2.75) is 47.0 Å². The van der Waals surface area contributed by atoms with Crippen molar-refractivity contribution in [1.29, 1.82) is 0 Å². The molecular weight excluding hydrogens is 368 g/mol. The Hall–Kier alpha value is -2.38. The van der Waals surface area contributed by atoms with Crippen molar-refractivity contribution in [3.05, 3.63) is 12.7 Å². The quantitative estimate of drug-likeness (QED) is 0.189. The first-order valence-corrected chi connectivity index (χ1v) is 9.55. The van der Waals surface area contributed by atoms with Gasteiger partial charge in [0.2, 0.25) is 0 Å². The van der Waals surface area contributed by atoms with E-state index in [0.717, 1.165) is 6.08 Å². The molecule has 0 amide bonds. The van der Waals surface area contributed by atoms with Gasteiger partial charge in [-0.25, -0.2) is 4.79 Å². The number of hydrogen-bond donors (Lipinski definition) is 0. The molecule has 3 atom stereocenters. The van der Waals surface area contributed by atoms with Crippen LogP contribution in [0.2, 0.25) is 0 Å². The van der Waals surface area contributed by atoms with Crippen LogP contribution in [0.25, 0.3) is 0 Å². The summed E-state index contributed by atoms with van der Waals surface area (Å²) < 4.78 is 19.9. The minimum absolute atomic E-state index is 0.00428. The maximum Gasteiger partial charge on any atom is 0.330 e. The zero-order valence-corrected chi connectivity index (χ0v) is 17.2. The molecule has 0 heterocycles. The summed E-state index contributed by atoms with van der Waals surface area (Å²) in [7, 11) is 0. The molecule has 0 aromatic carbocycles. The van der Waals surface area contributed by atoms with Crippen molar-refractivity contribution in [3.8, 4) is 0 Å². The van der Waals surface area contributed by atoms with Gasteiger partial charge in [0.05, 0.1) is 17.8 Å². The van der Waals surface area contributed by atoms with E-state index in [1.807, 2.05) is 13.8 Å². The molecule has 28 heavy (non-hydrogen) atoms. The third-order valence-electron chi connectivity index (χ3n) is 4.19. The van der Waals surface area contributed by atoms with Crippen LogP contribution >= 0.6 is 0 Å². The summed E-state index contributed by atoms with van der Waals surface area (Å²) >= 11 is 0. The molecule has 3 unspecified atom stereocenters. The zero-order chi connectivity index (χ0) is 21.5. The molecule has 160 valence electrons. The fourth-order valence-corrected chi connectivity index (χ4v) is 2.15. The maximum atomic E-state index is 12.1. The molecule has 0 spiro atoms. The molecule has 0 bridgehead atoms. The van der Waals surface area contributed by atoms with Gasteiger partial charge in [-0.2, -0.15) is 0 Å². The molecular formula is C20H32O8. The van der Waals surface area contributed by atoms with Crippen molar-refractivity contribution in [2.75, 3.05) is 26.4 Å². The number of hydrogen-bond acceptors (Lipinski definition) is 8. The molecule has 0 radical (unpaired) electrons. The Balaban J connectivity index is 4.18. The van der Waals surface area contributed by atoms with Crippen molar-refractivity contribution < 1.29 is 38.1 Å². The number of rotatable bonds is 14. The van der Waals surface area contributed by atoms with Gasteiger partial charge in [0.15, 0.2) is 0 Å². The van der Waals surface area contributed by atoms with Crippen LogP contribution in [0.4, 0.5) is 0 Å². The minimum Gasteiger partial charge on any atom is -0.462 e.